The average molecular weight is 369 g/mol. The van der Waals surface area contributed by atoms with Gasteiger partial charge in [-0.15, -0.1) is 0 Å². The van der Waals surface area contributed by atoms with Crippen LogP contribution in [0.2, 0.25) is 10.0 Å². The lowest BCUT2D eigenvalue weighted by Crippen LogP contribution is -2.30. The highest BCUT2D eigenvalue weighted by Gasteiger charge is 2.16. The maximum Gasteiger partial charge on any atom is 0.224 e. The van der Waals surface area contributed by atoms with Crippen LogP contribution in [-0.2, 0) is 11.2 Å². The molecular weight excluding hydrogens is 347 g/mol. The van der Waals surface area contributed by atoms with E-state index in [1.165, 1.54) is 0 Å². The number of aromatic nitrogens is 2. The lowest BCUT2D eigenvalue weighted by molar-refractivity contribution is -0.120. The maximum absolute atomic E-state index is 12.1. The Morgan fingerprint density at radius 3 is 2.67 bits per heavy atom. The number of nitrogens with one attached hydrogen (secondary N) is 1. The molecule has 5 nitrogen and oxygen atoms in total. The minimum Gasteiger partial charge on any atom is -0.356 e. The number of carbonyl (C=O) groups excluding carboxylic acids is 1. The Morgan fingerprint density at radius 1 is 1.33 bits per heavy atom. The number of halogens is 2. The van der Waals surface area contributed by atoms with Gasteiger partial charge in [0.15, 0.2) is 0 Å². The number of hydrogen-bond donors (Lipinski definition) is 2. The van der Waals surface area contributed by atoms with Crippen molar-refractivity contribution in [1.29, 1.82) is 0 Å². The zero-order valence-corrected chi connectivity index (χ0v) is 15.6. The van der Waals surface area contributed by atoms with Crippen LogP contribution in [0.1, 0.15) is 30.3 Å². The molecule has 0 radical (unpaired) electrons. The van der Waals surface area contributed by atoms with Crippen molar-refractivity contribution in [1.82, 2.24) is 15.1 Å². The fraction of sp³-hybridized carbons (Fsp3) is 0.412. The van der Waals surface area contributed by atoms with Crippen LogP contribution < -0.4 is 11.1 Å². The Kier molecular flexibility index (Phi) is 6.27. The van der Waals surface area contributed by atoms with E-state index < -0.39 is 0 Å². The molecule has 0 spiro atoms. The zero-order valence-electron chi connectivity index (χ0n) is 14.1. The SMILES string of the molecule is Cc1nn(-c2ccc(Cl)c(Cl)c2)c(C)c1CC(=O)NCCC(C)N. The Hall–Kier alpha value is -1.56. The van der Waals surface area contributed by atoms with E-state index in [4.69, 9.17) is 28.9 Å². The molecule has 1 atom stereocenters. The second-order valence-corrected chi connectivity index (χ2v) is 6.77. The van der Waals surface area contributed by atoms with E-state index in [-0.39, 0.29) is 18.4 Å². The van der Waals surface area contributed by atoms with Crippen molar-refractivity contribution in [3.63, 3.8) is 0 Å². The maximum atomic E-state index is 12.1. The standard InChI is InChI=1S/C17H22Cl2N4O/c1-10(20)6-7-21-17(24)9-14-11(2)22-23(12(14)3)13-4-5-15(18)16(19)8-13/h4-5,8,10H,6-7,9,20H2,1-3H3,(H,21,24). The summed E-state index contributed by atoms with van der Waals surface area (Å²) in [7, 11) is 0. The van der Waals surface area contributed by atoms with Gasteiger partial charge in [-0.05, 0) is 45.4 Å². The Morgan fingerprint density at radius 2 is 2.04 bits per heavy atom. The summed E-state index contributed by atoms with van der Waals surface area (Å²) in [5, 5.41) is 8.38. The van der Waals surface area contributed by atoms with Crippen LogP contribution in [0.25, 0.3) is 5.69 Å². The smallest absolute Gasteiger partial charge is 0.224 e. The van der Waals surface area contributed by atoms with E-state index >= 15 is 0 Å². The van der Waals surface area contributed by atoms with E-state index in [9.17, 15) is 4.79 Å². The first-order valence-corrected chi connectivity index (χ1v) is 8.58. The summed E-state index contributed by atoms with van der Waals surface area (Å²) < 4.78 is 1.78. The number of amides is 1. The first kappa shape index (κ1) is 18.8. The largest absolute Gasteiger partial charge is 0.356 e. The zero-order chi connectivity index (χ0) is 17.9. The minimum absolute atomic E-state index is 0.0319. The van der Waals surface area contributed by atoms with Crippen LogP contribution in [0.4, 0.5) is 0 Å². The van der Waals surface area contributed by atoms with Crippen molar-refractivity contribution >= 4 is 29.1 Å². The topological polar surface area (TPSA) is 72.9 Å². The third-order valence-electron chi connectivity index (χ3n) is 3.85. The van der Waals surface area contributed by atoms with Gasteiger partial charge in [0.25, 0.3) is 0 Å². The molecular formula is C17H22Cl2N4O. The first-order valence-electron chi connectivity index (χ1n) is 7.82. The van der Waals surface area contributed by atoms with Crippen molar-refractivity contribution < 1.29 is 4.79 Å². The van der Waals surface area contributed by atoms with Crippen molar-refractivity contribution in [2.24, 2.45) is 5.73 Å². The quantitative estimate of drug-likeness (QED) is 0.821. The van der Waals surface area contributed by atoms with Crippen molar-refractivity contribution in [3.05, 3.63) is 45.2 Å². The van der Waals surface area contributed by atoms with Gasteiger partial charge in [-0.3, -0.25) is 4.79 Å². The van der Waals surface area contributed by atoms with Crippen LogP contribution in [0.15, 0.2) is 18.2 Å². The molecule has 1 amide bonds. The minimum atomic E-state index is -0.0319. The van der Waals surface area contributed by atoms with Gasteiger partial charge in [0.1, 0.15) is 0 Å². The third kappa shape index (κ3) is 4.50. The number of aryl methyl sites for hydroxylation is 1. The number of rotatable bonds is 6. The second-order valence-electron chi connectivity index (χ2n) is 5.95. The van der Waals surface area contributed by atoms with E-state index in [2.05, 4.69) is 10.4 Å². The van der Waals surface area contributed by atoms with E-state index in [0.29, 0.717) is 16.6 Å². The predicted molar refractivity (Wildman–Crippen MR) is 98.0 cm³/mol. The monoisotopic (exact) mass is 368 g/mol. The molecule has 0 aliphatic rings. The molecule has 1 aromatic heterocycles. The van der Waals surface area contributed by atoms with Crippen LogP contribution in [0.5, 0.6) is 0 Å². The molecule has 1 aromatic carbocycles. The normalized spacial score (nSPS) is 12.2. The number of nitrogens with zero attached hydrogens (tertiary/aromatic N) is 2. The van der Waals surface area contributed by atoms with E-state index in [1.54, 1.807) is 16.8 Å². The molecule has 0 aliphatic heterocycles. The molecule has 0 saturated heterocycles. The van der Waals surface area contributed by atoms with E-state index in [0.717, 1.165) is 29.1 Å². The molecule has 0 aliphatic carbocycles. The summed E-state index contributed by atoms with van der Waals surface area (Å²) in [6.07, 6.45) is 1.05. The molecule has 2 aromatic rings. The summed E-state index contributed by atoms with van der Waals surface area (Å²) >= 11 is 12.0. The number of hydrogen-bond acceptors (Lipinski definition) is 3. The summed E-state index contributed by atoms with van der Waals surface area (Å²) in [5.74, 6) is -0.0319. The summed E-state index contributed by atoms with van der Waals surface area (Å²) in [4.78, 5) is 12.1. The summed E-state index contributed by atoms with van der Waals surface area (Å²) in [6, 6.07) is 5.41. The van der Waals surface area contributed by atoms with Crippen molar-refractivity contribution in [2.75, 3.05) is 6.54 Å². The Balaban J connectivity index is 2.16. The number of nitrogens with two attached hydrogens (primary N) is 1. The van der Waals surface area contributed by atoms with Crippen molar-refractivity contribution in [3.8, 4) is 5.69 Å². The van der Waals surface area contributed by atoms with Gasteiger partial charge in [-0.1, -0.05) is 23.2 Å². The third-order valence-corrected chi connectivity index (χ3v) is 4.59. The average Bonchev–Trinajstić information content (AvgIpc) is 2.78. The van der Waals surface area contributed by atoms with E-state index in [1.807, 2.05) is 26.8 Å². The highest BCUT2D eigenvalue weighted by molar-refractivity contribution is 6.42. The molecule has 0 bridgehead atoms. The molecule has 24 heavy (non-hydrogen) atoms. The lowest BCUT2D eigenvalue weighted by atomic mass is 10.1. The van der Waals surface area contributed by atoms with Gasteiger partial charge < -0.3 is 11.1 Å². The van der Waals surface area contributed by atoms with Gasteiger partial charge in [0.2, 0.25) is 5.91 Å². The Bertz CT molecular complexity index is 740. The van der Waals surface area contributed by atoms with Crippen LogP contribution >= 0.6 is 23.2 Å². The molecule has 0 saturated carbocycles. The highest BCUT2D eigenvalue weighted by atomic mass is 35.5. The molecule has 1 unspecified atom stereocenters. The van der Waals surface area contributed by atoms with Crippen LogP contribution in [0, 0.1) is 13.8 Å². The first-order chi connectivity index (χ1) is 11.3. The van der Waals surface area contributed by atoms with Gasteiger partial charge in [0, 0.05) is 23.8 Å². The molecule has 7 heteroatoms. The summed E-state index contributed by atoms with van der Waals surface area (Å²) in [5.41, 5.74) is 9.15. The van der Waals surface area contributed by atoms with Gasteiger partial charge in [-0.2, -0.15) is 5.10 Å². The lowest BCUT2D eigenvalue weighted by Gasteiger charge is -2.08. The van der Waals surface area contributed by atoms with Crippen LogP contribution in [0.3, 0.4) is 0 Å². The second kappa shape index (κ2) is 8.01. The van der Waals surface area contributed by atoms with Crippen LogP contribution in [-0.4, -0.2) is 28.3 Å². The van der Waals surface area contributed by atoms with Crippen molar-refractivity contribution in [2.45, 2.75) is 39.7 Å². The fourth-order valence-electron chi connectivity index (χ4n) is 2.46. The van der Waals surface area contributed by atoms with Gasteiger partial charge in [-0.25, -0.2) is 4.68 Å². The van der Waals surface area contributed by atoms with Gasteiger partial charge in [0.05, 0.1) is 27.8 Å². The summed E-state index contributed by atoms with van der Waals surface area (Å²) in [6.45, 7) is 6.33. The predicted octanol–water partition coefficient (Wildman–Crippen LogP) is 3.19. The highest BCUT2D eigenvalue weighted by Crippen LogP contribution is 2.26. The number of carbonyl (C=O) groups is 1. The molecule has 0 fully saturated rings. The molecule has 2 rings (SSSR count). The van der Waals surface area contributed by atoms with Gasteiger partial charge >= 0.3 is 0 Å². The molecule has 1 heterocycles. The fourth-order valence-corrected chi connectivity index (χ4v) is 2.75. The number of benzene rings is 1. The Labute approximate surface area is 152 Å². The molecule has 3 N–H and O–H groups in total. The molecule has 130 valence electrons.